The maximum atomic E-state index is 13.7. The summed E-state index contributed by atoms with van der Waals surface area (Å²) in [6, 6.07) is 6.79. The van der Waals surface area contributed by atoms with Crippen LogP contribution in [0.3, 0.4) is 0 Å². The van der Waals surface area contributed by atoms with Gasteiger partial charge in [-0.05, 0) is 25.5 Å². The highest BCUT2D eigenvalue weighted by Crippen LogP contribution is 2.65. The number of carbonyl (C=O) groups is 1. The molecule has 1 saturated heterocycles. The molecule has 0 bridgehead atoms. The molecule has 1 aliphatic heterocycles. The Bertz CT molecular complexity index is 1180. The third-order valence-electron chi connectivity index (χ3n) is 5.94. The molecule has 0 aromatic carbocycles. The van der Waals surface area contributed by atoms with Crippen molar-refractivity contribution in [3.8, 4) is 11.3 Å². The zero-order valence-electron chi connectivity index (χ0n) is 17.1. The molecule has 1 spiro atoms. The number of alkyl halides is 2. The molecule has 1 unspecified atom stereocenters. The van der Waals surface area contributed by atoms with Crippen LogP contribution in [0.25, 0.3) is 11.3 Å². The third-order valence-corrected chi connectivity index (χ3v) is 5.94. The minimum Gasteiger partial charge on any atom is -0.356 e. The number of pyridine rings is 1. The number of nitrogens with zero attached hydrogens (tertiary/aromatic N) is 6. The molecule has 4 heterocycles. The van der Waals surface area contributed by atoms with Crippen molar-refractivity contribution in [2.75, 3.05) is 23.3 Å². The van der Waals surface area contributed by atoms with Crippen LogP contribution in [0, 0.1) is 12.3 Å². The van der Waals surface area contributed by atoms with Gasteiger partial charge in [0.25, 0.3) is 11.8 Å². The standard InChI is InChI=1S/C21H21F2N7O/c1-13-25-17(8-18(26-13)30-7-6-20(12-30)11-21(20,22)23)28-19(31)16-5-3-4-15(27-16)14-9-24-29(2)10-14/h3-5,8-10H,6-7,11-12H2,1-2H3,(H,25,26,28,31). The van der Waals surface area contributed by atoms with Gasteiger partial charge in [-0.2, -0.15) is 5.10 Å². The summed E-state index contributed by atoms with van der Waals surface area (Å²) in [6.45, 7) is 2.48. The smallest absolute Gasteiger partial charge is 0.275 e. The van der Waals surface area contributed by atoms with Gasteiger partial charge in [0.15, 0.2) is 0 Å². The van der Waals surface area contributed by atoms with E-state index in [1.165, 1.54) is 0 Å². The van der Waals surface area contributed by atoms with E-state index in [0.717, 1.165) is 5.56 Å². The van der Waals surface area contributed by atoms with Crippen molar-refractivity contribution in [3.05, 3.63) is 48.2 Å². The van der Waals surface area contributed by atoms with Crippen LogP contribution >= 0.6 is 0 Å². The number of aryl methyl sites for hydroxylation is 2. The lowest BCUT2D eigenvalue weighted by Crippen LogP contribution is -2.24. The summed E-state index contributed by atoms with van der Waals surface area (Å²) >= 11 is 0. The summed E-state index contributed by atoms with van der Waals surface area (Å²) in [4.78, 5) is 27.7. The topological polar surface area (TPSA) is 88.8 Å². The molecule has 10 heteroatoms. The van der Waals surface area contributed by atoms with Crippen LogP contribution in [-0.4, -0.2) is 49.7 Å². The van der Waals surface area contributed by atoms with Gasteiger partial charge in [-0.1, -0.05) is 6.07 Å². The molecule has 1 atom stereocenters. The van der Waals surface area contributed by atoms with Gasteiger partial charge in [0.05, 0.1) is 17.3 Å². The van der Waals surface area contributed by atoms with Gasteiger partial charge >= 0.3 is 0 Å². The number of nitrogens with one attached hydrogen (secondary N) is 1. The number of rotatable bonds is 4. The van der Waals surface area contributed by atoms with Crippen LogP contribution in [-0.2, 0) is 7.05 Å². The molecule has 2 fully saturated rings. The van der Waals surface area contributed by atoms with Gasteiger partial charge in [0.1, 0.15) is 23.2 Å². The first-order valence-electron chi connectivity index (χ1n) is 10.0. The molecule has 1 saturated carbocycles. The Labute approximate surface area is 177 Å². The Morgan fingerprint density at radius 3 is 2.71 bits per heavy atom. The van der Waals surface area contributed by atoms with Gasteiger partial charge in [-0.3, -0.25) is 9.48 Å². The first-order valence-corrected chi connectivity index (χ1v) is 10.0. The van der Waals surface area contributed by atoms with Crippen LogP contribution < -0.4 is 10.2 Å². The lowest BCUT2D eigenvalue weighted by atomic mass is 10.1. The Balaban J connectivity index is 1.34. The average molecular weight is 425 g/mol. The van der Waals surface area contributed by atoms with Crippen LogP contribution in [0.2, 0.25) is 0 Å². The van der Waals surface area contributed by atoms with E-state index in [4.69, 9.17) is 0 Å². The Morgan fingerprint density at radius 1 is 1.23 bits per heavy atom. The van der Waals surface area contributed by atoms with Crippen LogP contribution in [0.1, 0.15) is 29.2 Å². The minimum absolute atomic E-state index is 0.0664. The number of carbonyl (C=O) groups excluding carboxylic acids is 1. The highest BCUT2D eigenvalue weighted by Gasteiger charge is 2.72. The third kappa shape index (κ3) is 3.51. The molecule has 1 aliphatic carbocycles. The second-order valence-electron chi connectivity index (χ2n) is 8.26. The molecular weight excluding hydrogens is 404 g/mol. The molecule has 1 amide bonds. The number of aromatic nitrogens is 5. The van der Waals surface area contributed by atoms with Crippen molar-refractivity contribution in [2.45, 2.75) is 25.7 Å². The monoisotopic (exact) mass is 425 g/mol. The number of hydrogen-bond acceptors (Lipinski definition) is 6. The lowest BCUT2D eigenvalue weighted by Gasteiger charge is -2.18. The van der Waals surface area contributed by atoms with E-state index in [9.17, 15) is 13.6 Å². The molecule has 5 rings (SSSR count). The van der Waals surface area contributed by atoms with E-state index in [1.807, 2.05) is 18.1 Å². The first-order chi connectivity index (χ1) is 14.7. The number of anilines is 2. The summed E-state index contributed by atoms with van der Waals surface area (Å²) in [5.74, 6) is -1.70. The van der Waals surface area contributed by atoms with E-state index in [0.29, 0.717) is 36.1 Å². The maximum Gasteiger partial charge on any atom is 0.275 e. The van der Waals surface area contributed by atoms with Crippen LogP contribution in [0.5, 0.6) is 0 Å². The van der Waals surface area contributed by atoms with Crippen LogP contribution in [0.4, 0.5) is 20.4 Å². The Hall–Kier alpha value is -3.43. The Kier molecular flexibility index (Phi) is 4.28. The average Bonchev–Trinajstić information content (AvgIpc) is 3.10. The quantitative estimate of drug-likeness (QED) is 0.691. The van der Waals surface area contributed by atoms with Gasteiger partial charge in [-0.25, -0.2) is 23.7 Å². The first kappa shape index (κ1) is 19.5. The van der Waals surface area contributed by atoms with E-state index in [-0.39, 0.29) is 18.7 Å². The van der Waals surface area contributed by atoms with Crippen molar-refractivity contribution in [1.29, 1.82) is 0 Å². The highest BCUT2D eigenvalue weighted by molar-refractivity contribution is 6.02. The molecule has 160 valence electrons. The zero-order chi connectivity index (χ0) is 21.8. The molecule has 0 radical (unpaired) electrons. The molecule has 3 aromatic heterocycles. The molecule has 8 nitrogen and oxygen atoms in total. The van der Waals surface area contributed by atoms with Crippen molar-refractivity contribution in [2.24, 2.45) is 12.5 Å². The lowest BCUT2D eigenvalue weighted by molar-refractivity contribution is 0.0711. The summed E-state index contributed by atoms with van der Waals surface area (Å²) < 4.78 is 29.1. The molecule has 3 aromatic rings. The SMILES string of the molecule is Cc1nc(NC(=O)c2cccc(-c3cnn(C)c3)n2)cc(N2CCC3(C2)CC3(F)F)n1. The molecule has 31 heavy (non-hydrogen) atoms. The van der Waals surface area contributed by atoms with Gasteiger partial charge in [0, 0.05) is 44.4 Å². The van der Waals surface area contributed by atoms with Gasteiger partial charge in [-0.15, -0.1) is 0 Å². The molecule has 2 aliphatic rings. The predicted octanol–water partition coefficient (Wildman–Crippen LogP) is 3.07. The van der Waals surface area contributed by atoms with E-state index in [2.05, 4.69) is 25.4 Å². The van der Waals surface area contributed by atoms with E-state index < -0.39 is 17.2 Å². The van der Waals surface area contributed by atoms with E-state index >= 15 is 0 Å². The molecular formula is C21H21F2N7O. The fourth-order valence-corrected chi connectivity index (χ4v) is 4.13. The highest BCUT2D eigenvalue weighted by atomic mass is 19.3. The van der Waals surface area contributed by atoms with Gasteiger partial charge in [0.2, 0.25) is 0 Å². The summed E-state index contributed by atoms with van der Waals surface area (Å²) in [6.07, 6.45) is 3.87. The largest absolute Gasteiger partial charge is 0.356 e. The summed E-state index contributed by atoms with van der Waals surface area (Å²) in [7, 11) is 1.81. The van der Waals surface area contributed by atoms with Crippen LogP contribution in [0.15, 0.2) is 36.7 Å². The number of hydrogen-bond donors (Lipinski definition) is 1. The second-order valence-corrected chi connectivity index (χ2v) is 8.26. The normalized spacial score (nSPS) is 21.5. The summed E-state index contributed by atoms with van der Waals surface area (Å²) in [5, 5.41) is 6.87. The second kappa shape index (κ2) is 6.79. The van der Waals surface area contributed by atoms with E-state index in [1.54, 1.807) is 42.1 Å². The van der Waals surface area contributed by atoms with Crippen molar-refractivity contribution >= 4 is 17.5 Å². The Morgan fingerprint density at radius 2 is 2.03 bits per heavy atom. The predicted molar refractivity (Wildman–Crippen MR) is 110 cm³/mol. The van der Waals surface area contributed by atoms with Crippen molar-refractivity contribution in [1.82, 2.24) is 24.7 Å². The summed E-state index contributed by atoms with van der Waals surface area (Å²) in [5.41, 5.74) is 0.744. The fourth-order valence-electron chi connectivity index (χ4n) is 4.13. The number of halogens is 2. The number of amides is 1. The fraction of sp³-hybridized carbons (Fsp3) is 0.381. The molecule has 1 N–H and O–H groups in total. The van der Waals surface area contributed by atoms with Gasteiger partial charge < -0.3 is 10.2 Å². The maximum absolute atomic E-state index is 13.7. The van der Waals surface area contributed by atoms with Crippen molar-refractivity contribution in [3.63, 3.8) is 0 Å². The zero-order valence-corrected chi connectivity index (χ0v) is 17.1. The minimum atomic E-state index is -2.59. The van der Waals surface area contributed by atoms with Crippen molar-refractivity contribution < 1.29 is 13.6 Å².